The van der Waals surface area contributed by atoms with Gasteiger partial charge in [0.2, 0.25) is 0 Å². The van der Waals surface area contributed by atoms with Crippen LogP contribution in [0.5, 0.6) is 5.75 Å². The molecule has 0 bridgehead atoms. The minimum absolute atomic E-state index is 0.262. The number of ether oxygens (including phenoxy) is 2. The highest BCUT2D eigenvalue weighted by molar-refractivity contribution is 5.92. The fourth-order valence-corrected chi connectivity index (χ4v) is 2.78. The normalized spacial score (nSPS) is 19.7. The van der Waals surface area contributed by atoms with E-state index in [1.165, 1.54) is 12.1 Å². The molecule has 1 aromatic carbocycles. The number of hydrogen-bond acceptors (Lipinski definition) is 4. The maximum atomic E-state index is 12.3. The van der Waals surface area contributed by atoms with Crippen LogP contribution in [0.1, 0.15) is 6.92 Å². The number of anilines is 1. The Morgan fingerprint density at radius 1 is 1.30 bits per heavy atom. The molecule has 1 fully saturated rings. The second kappa shape index (κ2) is 6.23. The summed E-state index contributed by atoms with van der Waals surface area (Å²) >= 11 is 0. The molecule has 1 unspecified atom stereocenters. The first-order valence-corrected chi connectivity index (χ1v) is 7.39. The molecular formula is C16H17F3N2O2. The lowest BCUT2D eigenvalue weighted by Crippen LogP contribution is -2.29. The van der Waals surface area contributed by atoms with E-state index in [0.717, 1.165) is 24.2 Å². The Hall–Kier alpha value is -2.02. The van der Waals surface area contributed by atoms with Gasteiger partial charge in [-0.3, -0.25) is 4.98 Å². The summed E-state index contributed by atoms with van der Waals surface area (Å²) in [6.45, 7) is 5.02. The first-order chi connectivity index (χ1) is 10.9. The van der Waals surface area contributed by atoms with Crippen molar-refractivity contribution < 1.29 is 22.6 Å². The summed E-state index contributed by atoms with van der Waals surface area (Å²) in [5.41, 5.74) is 1.42. The Balaban J connectivity index is 1.95. The molecule has 7 heteroatoms. The van der Waals surface area contributed by atoms with Crippen molar-refractivity contribution in [2.24, 2.45) is 5.92 Å². The Labute approximate surface area is 131 Å². The molecule has 0 spiro atoms. The van der Waals surface area contributed by atoms with Gasteiger partial charge in [0, 0.05) is 36.4 Å². The Bertz CT molecular complexity index is 691. The van der Waals surface area contributed by atoms with Crippen molar-refractivity contribution in [2.75, 3.05) is 31.2 Å². The lowest BCUT2D eigenvalue weighted by atomic mass is 10.1. The van der Waals surface area contributed by atoms with Gasteiger partial charge < -0.3 is 14.4 Å². The molecule has 3 rings (SSSR count). The molecule has 0 aliphatic carbocycles. The summed E-state index contributed by atoms with van der Waals surface area (Å²) in [7, 11) is 0. The average Bonchev–Trinajstić information content (AvgIpc) is 2.69. The zero-order chi connectivity index (χ0) is 16.4. The zero-order valence-electron chi connectivity index (χ0n) is 12.6. The van der Waals surface area contributed by atoms with Crippen LogP contribution in [-0.4, -0.2) is 37.6 Å². The van der Waals surface area contributed by atoms with E-state index in [0.29, 0.717) is 24.6 Å². The summed E-state index contributed by atoms with van der Waals surface area (Å²) in [5, 5.41) is 0.802. The van der Waals surface area contributed by atoms with E-state index in [-0.39, 0.29) is 5.75 Å². The van der Waals surface area contributed by atoms with Gasteiger partial charge in [-0.2, -0.15) is 0 Å². The van der Waals surface area contributed by atoms with Crippen molar-refractivity contribution in [2.45, 2.75) is 13.3 Å². The van der Waals surface area contributed by atoms with Crippen molar-refractivity contribution in [3.63, 3.8) is 0 Å². The summed E-state index contributed by atoms with van der Waals surface area (Å²) in [4.78, 5) is 6.35. The molecule has 1 aliphatic rings. The van der Waals surface area contributed by atoms with Crippen molar-refractivity contribution in [3.8, 4) is 5.75 Å². The van der Waals surface area contributed by atoms with Crippen LogP contribution >= 0.6 is 0 Å². The predicted octanol–water partition coefficient (Wildman–Crippen LogP) is 3.61. The molecular weight excluding hydrogens is 309 g/mol. The fourth-order valence-electron chi connectivity index (χ4n) is 2.78. The Morgan fingerprint density at radius 2 is 2.13 bits per heavy atom. The number of hydrogen-bond donors (Lipinski definition) is 0. The third-order valence-electron chi connectivity index (χ3n) is 3.71. The van der Waals surface area contributed by atoms with E-state index < -0.39 is 6.36 Å². The SMILES string of the molecule is CC1COCCN(c2ccnc3cc(OC(F)(F)F)ccc23)C1. The molecule has 1 aliphatic heterocycles. The van der Waals surface area contributed by atoms with Crippen LogP contribution < -0.4 is 9.64 Å². The predicted molar refractivity (Wildman–Crippen MR) is 80.6 cm³/mol. The van der Waals surface area contributed by atoms with Gasteiger partial charge in [0.05, 0.1) is 18.7 Å². The second-order valence-electron chi connectivity index (χ2n) is 5.68. The number of fused-ring (bicyclic) bond motifs is 1. The molecule has 1 aromatic heterocycles. The van der Waals surface area contributed by atoms with E-state index in [9.17, 15) is 13.2 Å². The van der Waals surface area contributed by atoms with Gasteiger partial charge in [-0.05, 0) is 24.1 Å². The molecule has 23 heavy (non-hydrogen) atoms. The van der Waals surface area contributed by atoms with Crippen molar-refractivity contribution in [1.29, 1.82) is 0 Å². The van der Waals surface area contributed by atoms with Crippen LogP contribution in [0.15, 0.2) is 30.5 Å². The third kappa shape index (κ3) is 3.85. The zero-order valence-corrected chi connectivity index (χ0v) is 12.6. The standard InChI is InChI=1S/C16H17F3N2O2/c1-11-9-21(6-7-22-10-11)15-4-5-20-14-8-12(2-3-13(14)15)23-16(17,18)19/h2-5,8,11H,6-7,9-10H2,1H3. The monoisotopic (exact) mass is 326 g/mol. The quantitative estimate of drug-likeness (QED) is 0.844. The van der Waals surface area contributed by atoms with E-state index in [2.05, 4.69) is 21.5 Å². The molecule has 1 saturated heterocycles. The van der Waals surface area contributed by atoms with Crippen LogP contribution in [0.2, 0.25) is 0 Å². The molecule has 0 amide bonds. The van der Waals surface area contributed by atoms with Crippen LogP contribution in [0.4, 0.5) is 18.9 Å². The Morgan fingerprint density at radius 3 is 2.91 bits per heavy atom. The van der Waals surface area contributed by atoms with E-state index in [4.69, 9.17) is 4.74 Å². The number of halogens is 3. The minimum Gasteiger partial charge on any atom is -0.406 e. The van der Waals surface area contributed by atoms with Gasteiger partial charge in [-0.1, -0.05) is 6.92 Å². The number of pyridine rings is 1. The van der Waals surface area contributed by atoms with E-state index in [1.807, 2.05) is 6.07 Å². The molecule has 1 atom stereocenters. The fraction of sp³-hybridized carbons (Fsp3) is 0.438. The summed E-state index contributed by atoms with van der Waals surface area (Å²) < 4.78 is 46.5. The molecule has 2 aromatic rings. The topological polar surface area (TPSA) is 34.6 Å². The van der Waals surface area contributed by atoms with Gasteiger partial charge in [0.15, 0.2) is 0 Å². The lowest BCUT2D eigenvalue weighted by molar-refractivity contribution is -0.274. The van der Waals surface area contributed by atoms with E-state index in [1.54, 1.807) is 12.3 Å². The van der Waals surface area contributed by atoms with Gasteiger partial charge in [0.1, 0.15) is 5.75 Å². The summed E-state index contributed by atoms with van der Waals surface area (Å²) in [6.07, 6.45) is -3.10. The Kier molecular flexibility index (Phi) is 4.30. The highest BCUT2D eigenvalue weighted by Gasteiger charge is 2.31. The number of benzene rings is 1. The maximum Gasteiger partial charge on any atom is 0.573 e. The average molecular weight is 326 g/mol. The summed E-state index contributed by atoms with van der Waals surface area (Å²) in [6, 6.07) is 6.13. The highest BCUT2D eigenvalue weighted by Crippen LogP contribution is 2.31. The first kappa shape index (κ1) is 15.9. The maximum absolute atomic E-state index is 12.3. The first-order valence-electron chi connectivity index (χ1n) is 7.39. The molecule has 0 N–H and O–H groups in total. The molecule has 2 heterocycles. The van der Waals surface area contributed by atoms with Crippen LogP contribution in [0.25, 0.3) is 10.9 Å². The van der Waals surface area contributed by atoms with Gasteiger partial charge >= 0.3 is 6.36 Å². The highest BCUT2D eigenvalue weighted by atomic mass is 19.4. The number of rotatable bonds is 2. The number of aromatic nitrogens is 1. The largest absolute Gasteiger partial charge is 0.573 e. The molecule has 4 nitrogen and oxygen atoms in total. The second-order valence-corrected chi connectivity index (χ2v) is 5.68. The van der Waals surface area contributed by atoms with Crippen LogP contribution in [0.3, 0.4) is 0 Å². The van der Waals surface area contributed by atoms with Crippen molar-refractivity contribution in [3.05, 3.63) is 30.5 Å². The van der Waals surface area contributed by atoms with Crippen molar-refractivity contribution >= 4 is 16.6 Å². The third-order valence-corrected chi connectivity index (χ3v) is 3.71. The van der Waals surface area contributed by atoms with Crippen LogP contribution in [0, 0.1) is 5.92 Å². The molecule has 0 saturated carbocycles. The van der Waals surface area contributed by atoms with E-state index >= 15 is 0 Å². The van der Waals surface area contributed by atoms with Crippen molar-refractivity contribution in [1.82, 2.24) is 4.98 Å². The lowest BCUT2D eigenvalue weighted by Gasteiger charge is -2.25. The molecule has 124 valence electrons. The van der Waals surface area contributed by atoms with Gasteiger partial charge in [0.25, 0.3) is 0 Å². The molecule has 0 radical (unpaired) electrons. The van der Waals surface area contributed by atoms with Gasteiger partial charge in [-0.15, -0.1) is 13.2 Å². The smallest absolute Gasteiger partial charge is 0.406 e. The summed E-state index contributed by atoms with van der Waals surface area (Å²) in [5.74, 6) is 0.121. The number of nitrogens with zero attached hydrogens (tertiary/aromatic N) is 2. The van der Waals surface area contributed by atoms with Crippen LogP contribution in [-0.2, 0) is 4.74 Å². The number of alkyl halides is 3. The van der Waals surface area contributed by atoms with Gasteiger partial charge in [-0.25, -0.2) is 0 Å². The minimum atomic E-state index is -4.71.